The maximum Gasteiger partial charge on any atom is 0.240 e. The van der Waals surface area contributed by atoms with Gasteiger partial charge >= 0.3 is 0 Å². The van der Waals surface area contributed by atoms with E-state index in [1.807, 2.05) is 49.4 Å². The van der Waals surface area contributed by atoms with Gasteiger partial charge in [-0.15, -0.1) is 0 Å². The molecule has 2 amide bonds. The van der Waals surface area contributed by atoms with E-state index in [1.165, 1.54) is 4.90 Å². The number of benzene rings is 2. The first-order valence-electron chi connectivity index (χ1n) is 8.13. The minimum atomic E-state index is -0.465. The fraction of sp³-hybridized carbons (Fsp3) is 0.368. The molecule has 2 bridgehead atoms. The second-order valence-electron chi connectivity index (χ2n) is 7.05. The lowest BCUT2D eigenvalue weighted by Gasteiger charge is -2.26. The second kappa shape index (κ2) is 4.20. The highest BCUT2D eigenvalue weighted by molar-refractivity contribution is 6.23. The van der Waals surface area contributed by atoms with Crippen molar-refractivity contribution in [2.75, 3.05) is 4.90 Å². The molecule has 3 fully saturated rings. The Kier molecular flexibility index (Phi) is 2.42. The summed E-state index contributed by atoms with van der Waals surface area (Å²) in [5, 5.41) is 2.14. The van der Waals surface area contributed by atoms with Crippen molar-refractivity contribution < 1.29 is 14.3 Å². The minimum Gasteiger partial charge on any atom is -0.370 e. The number of rotatable bonds is 1. The molecule has 3 heterocycles. The molecule has 3 saturated heterocycles. The van der Waals surface area contributed by atoms with Crippen LogP contribution in [0.25, 0.3) is 10.8 Å². The van der Waals surface area contributed by atoms with Crippen LogP contribution < -0.4 is 4.90 Å². The quantitative estimate of drug-likeness (QED) is 0.761. The van der Waals surface area contributed by atoms with Crippen LogP contribution in [-0.2, 0) is 14.3 Å². The standard InChI is InChI=1S/C19H17NO3/c1-19-9-8-14(23-19)15-16(19)18(22)20(17(15)21)13-7-6-11-4-2-3-5-12(11)10-13/h2-7,10,14-16H,8-9H2,1H3/t14?,15-,16?,19?/m0/s1. The maximum absolute atomic E-state index is 13.0. The number of anilines is 1. The van der Waals surface area contributed by atoms with Crippen LogP contribution >= 0.6 is 0 Å². The van der Waals surface area contributed by atoms with Gasteiger partial charge in [0.1, 0.15) is 0 Å². The molecule has 116 valence electrons. The van der Waals surface area contributed by atoms with E-state index in [1.54, 1.807) is 0 Å². The van der Waals surface area contributed by atoms with Crippen LogP contribution in [0.1, 0.15) is 19.8 Å². The average Bonchev–Trinajstić information content (AvgIpc) is 3.16. The molecule has 3 aliphatic heterocycles. The first-order valence-corrected chi connectivity index (χ1v) is 8.13. The zero-order valence-electron chi connectivity index (χ0n) is 12.9. The molecule has 3 aliphatic rings. The number of fused-ring (bicyclic) bond motifs is 6. The van der Waals surface area contributed by atoms with Crippen molar-refractivity contribution in [1.82, 2.24) is 0 Å². The number of imide groups is 1. The normalized spacial score (nSPS) is 35.3. The van der Waals surface area contributed by atoms with Gasteiger partial charge in [-0.1, -0.05) is 30.3 Å². The highest BCUT2D eigenvalue weighted by atomic mass is 16.5. The van der Waals surface area contributed by atoms with Crippen LogP contribution in [0.5, 0.6) is 0 Å². The summed E-state index contributed by atoms with van der Waals surface area (Å²) in [6.07, 6.45) is 1.65. The second-order valence-corrected chi connectivity index (χ2v) is 7.05. The molecule has 0 aromatic heterocycles. The minimum absolute atomic E-state index is 0.0908. The molecule has 3 unspecified atom stereocenters. The molecule has 2 aromatic carbocycles. The Balaban J connectivity index is 1.60. The molecule has 0 radical (unpaired) electrons. The van der Waals surface area contributed by atoms with Crippen LogP contribution in [0.15, 0.2) is 42.5 Å². The third kappa shape index (κ3) is 1.59. The molecular formula is C19H17NO3. The zero-order valence-corrected chi connectivity index (χ0v) is 12.9. The van der Waals surface area contributed by atoms with Crippen molar-refractivity contribution in [2.24, 2.45) is 11.8 Å². The van der Waals surface area contributed by atoms with E-state index in [0.717, 1.165) is 23.6 Å². The Hall–Kier alpha value is -2.20. The Morgan fingerprint density at radius 2 is 1.87 bits per heavy atom. The van der Waals surface area contributed by atoms with Gasteiger partial charge in [0.15, 0.2) is 0 Å². The van der Waals surface area contributed by atoms with E-state index in [4.69, 9.17) is 4.74 Å². The summed E-state index contributed by atoms with van der Waals surface area (Å²) >= 11 is 0. The molecule has 4 atom stereocenters. The predicted molar refractivity (Wildman–Crippen MR) is 85.9 cm³/mol. The van der Waals surface area contributed by atoms with Gasteiger partial charge in [-0.2, -0.15) is 0 Å². The smallest absolute Gasteiger partial charge is 0.240 e. The summed E-state index contributed by atoms with van der Waals surface area (Å²) in [5.74, 6) is -0.809. The summed E-state index contributed by atoms with van der Waals surface area (Å²) < 4.78 is 5.95. The number of amides is 2. The summed E-state index contributed by atoms with van der Waals surface area (Å²) in [6.45, 7) is 1.98. The number of carbonyl (C=O) groups is 2. The van der Waals surface area contributed by atoms with Crippen molar-refractivity contribution in [3.8, 4) is 0 Å². The number of nitrogens with zero attached hydrogens (tertiary/aromatic N) is 1. The molecule has 5 rings (SSSR count). The van der Waals surface area contributed by atoms with Crippen LogP contribution in [0.3, 0.4) is 0 Å². The molecule has 23 heavy (non-hydrogen) atoms. The molecule has 0 spiro atoms. The Labute approximate surface area is 134 Å². The van der Waals surface area contributed by atoms with Crippen molar-refractivity contribution in [1.29, 1.82) is 0 Å². The van der Waals surface area contributed by atoms with E-state index in [-0.39, 0.29) is 29.8 Å². The molecule has 0 saturated carbocycles. The Bertz CT molecular complexity index is 861. The molecule has 0 N–H and O–H groups in total. The van der Waals surface area contributed by atoms with Crippen molar-refractivity contribution in [3.63, 3.8) is 0 Å². The van der Waals surface area contributed by atoms with E-state index < -0.39 is 5.60 Å². The van der Waals surface area contributed by atoms with Crippen molar-refractivity contribution in [2.45, 2.75) is 31.5 Å². The molecule has 2 aromatic rings. The Morgan fingerprint density at radius 1 is 1.09 bits per heavy atom. The van der Waals surface area contributed by atoms with E-state index in [0.29, 0.717) is 5.69 Å². The monoisotopic (exact) mass is 307 g/mol. The van der Waals surface area contributed by atoms with Crippen LogP contribution in [0, 0.1) is 11.8 Å². The van der Waals surface area contributed by atoms with E-state index >= 15 is 0 Å². The van der Waals surface area contributed by atoms with Crippen LogP contribution in [-0.4, -0.2) is 23.5 Å². The largest absolute Gasteiger partial charge is 0.370 e. The number of hydrogen-bond acceptors (Lipinski definition) is 3. The van der Waals surface area contributed by atoms with Crippen molar-refractivity contribution in [3.05, 3.63) is 42.5 Å². The van der Waals surface area contributed by atoms with Gasteiger partial charge in [-0.05, 0) is 42.7 Å². The van der Waals surface area contributed by atoms with Crippen molar-refractivity contribution >= 4 is 28.3 Å². The maximum atomic E-state index is 13.0. The number of ether oxygens (including phenoxy) is 1. The van der Waals surface area contributed by atoms with E-state index in [9.17, 15) is 9.59 Å². The van der Waals surface area contributed by atoms with Gasteiger partial charge in [0.05, 0.1) is 29.2 Å². The van der Waals surface area contributed by atoms with Gasteiger partial charge in [-0.3, -0.25) is 9.59 Å². The SMILES string of the molecule is CC12CCC(O1)[C@@H]1C(=O)N(c3ccc4ccccc4c3)C(=O)C12. The van der Waals surface area contributed by atoms with Gasteiger partial charge < -0.3 is 4.74 Å². The first kappa shape index (κ1) is 13.3. The first-order chi connectivity index (χ1) is 11.1. The van der Waals surface area contributed by atoms with Gasteiger partial charge in [-0.25, -0.2) is 4.90 Å². The average molecular weight is 307 g/mol. The summed E-state index contributed by atoms with van der Waals surface area (Å²) in [7, 11) is 0. The lowest BCUT2D eigenvalue weighted by molar-refractivity contribution is -0.126. The van der Waals surface area contributed by atoms with Gasteiger partial charge in [0, 0.05) is 0 Å². The molecule has 4 heteroatoms. The lowest BCUT2D eigenvalue weighted by Crippen LogP contribution is -2.39. The third-order valence-corrected chi connectivity index (χ3v) is 5.75. The number of hydrogen-bond donors (Lipinski definition) is 0. The van der Waals surface area contributed by atoms with Crippen LogP contribution in [0.2, 0.25) is 0 Å². The fourth-order valence-electron chi connectivity index (χ4n) is 4.65. The summed E-state index contributed by atoms with van der Waals surface area (Å²) in [6, 6.07) is 13.7. The van der Waals surface area contributed by atoms with Crippen LogP contribution in [0.4, 0.5) is 5.69 Å². The zero-order chi connectivity index (χ0) is 15.8. The summed E-state index contributed by atoms with van der Waals surface area (Å²) in [5.41, 5.74) is 0.212. The topological polar surface area (TPSA) is 46.6 Å². The molecular weight excluding hydrogens is 290 g/mol. The lowest BCUT2D eigenvalue weighted by atomic mass is 9.74. The fourth-order valence-corrected chi connectivity index (χ4v) is 4.65. The highest BCUT2D eigenvalue weighted by Gasteiger charge is 2.67. The summed E-state index contributed by atoms with van der Waals surface area (Å²) in [4.78, 5) is 27.2. The third-order valence-electron chi connectivity index (χ3n) is 5.75. The van der Waals surface area contributed by atoms with Gasteiger partial charge in [0.25, 0.3) is 0 Å². The Morgan fingerprint density at radius 3 is 2.65 bits per heavy atom. The molecule has 0 aliphatic carbocycles. The van der Waals surface area contributed by atoms with E-state index in [2.05, 4.69) is 0 Å². The predicted octanol–water partition coefficient (Wildman–Crippen LogP) is 2.90. The van der Waals surface area contributed by atoms with Gasteiger partial charge in [0.2, 0.25) is 11.8 Å². The highest BCUT2D eigenvalue weighted by Crippen LogP contribution is 2.55. The molecule has 4 nitrogen and oxygen atoms in total. The number of carbonyl (C=O) groups excluding carboxylic acids is 2.